The van der Waals surface area contributed by atoms with Crippen molar-refractivity contribution in [2.75, 3.05) is 37.6 Å². The number of nitrogens with one attached hydrogen (secondary N) is 2. The Kier molecular flexibility index (Phi) is 8.59. The molecule has 9 nitrogen and oxygen atoms in total. The number of benzene rings is 2. The standard InChI is InChI=1S/C31H31ClF2N8O/c1-31(2,3)17-38-27-18(14-35)15-37-28-24(27)10-19(11-25(28)32)39-29(26-16-42(41-40-26)20(12-33)13-34)22-6-5-7-23-21(22)8-9-36-30(23)43-4/h5-11,15-16,20,29,39H,12-13,17H2,1-4H3,(H,37,38)/t29-/m0/s1. The molecule has 0 aliphatic carbocycles. The van der Waals surface area contributed by atoms with Crippen LogP contribution in [-0.2, 0) is 0 Å². The second-order valence-corrected chi connectivity index (χ2v) is 11.8. The zero-order valence-corrected chi connectivity index (χ0v) is 25.0. The fourth-order valence-corrected chi connectivity index (χ4v) is 5.12. The van der Waals surface area contributed by atoms with E-state index < -0.39 is 25.4 Å². The van der Waals surface area contributed by atoms with Gasteiger partial charge in [-0.15, -0.1) is 5.10 Å². The average Bonchev–Trinajstić information content (AvgIpc) is 3.48. The van der Waals surface area contributed by atoms with Gasteiger partial charge in [0.15, 0.2) is 0 Å². The van der Waals surface area contributed by atoms with Crippen molar-refractivity contribution in [2.24, 2.45) is 5.41 Å². The smallest absolute Gasteiger partial charge is 0.221 e. The van der Waals surface area contributed by atoms with Crippen molar-refractivity contribution in [1.82, 2.24) is 25.0 Å². The monoisotopic (exact) mass is 604 g/mol. The second kappa shape index (κ2) is 12.4. The molecule has 0 saturated heterocycles. The lowest BCUT2D eigenvalue weighted by atomic mass is 9.96. The van der Waals surface area contributed by atoms with Gasteiger partial charge in [-0.2, -0.15) is 5.26 Å². The maximum Gasteiger partial charge on any atom is 0.221 e. The van der Waals surface area contributed by atoms with Crippen LogP contribution in [0.1, 0.15) is 49.7 Å². The minimum atomic E-state index is -1.08. The molecule has 0 fully saturated rings. The lowest BCUT2D eigenvalue weighted by molar-refractivity contribution is 0.269. The van der Waals surface area contributed by atoms with E-state index in [1.165, 1.54) is 17.1 Å². The Balaban J connectivity index is 1.67. The summed E-state index contributed by atoms with van der Waals surface area (Å²) in [6, 6.07) is 11.7. The Morgan fingerprint density at radius 3 is 2.58 bits per heavy atom. The molecule has 0 bridgehead atoms. The van der Waals surface area contributed by atoms with Crippen LogP contribution in [0, 0.1) is 16.7 Å². The molecule has 2 aromatic carbocycles. The summed E-state index contributed by atoms with van der Waals surface area (Å²) in [6.45, 7) is 5.05. The number of nitriles is 1. The van der Waals surface area contributed by atoms with E-state index in [0.717, 1.165) is 16.3 Å². The first-order valence-electron chi connectivity index (χ1n) is 13.7. The number of ether oxygens (including phenoxy) is 1. The summed E-state index contributed by atoms with van der Waals surface area (Å²) in [5.41, 5.74) is 3.35. The van der Waals surface area contributed by atoms with Crippen molar-refractivity contribution in [3.63, 3.8) is 0 Å². The van der Waals surface area contributed by atoms with E-state index in [-0.39, 0.29) is 5.41 Å². The highest BCUT2D eigenvalue weighted by atomic mass is 35.5. The Morgan fingerprint density at radius 2 is 1.88 bits per heavy atom. The van der Waals surface area contributed by atoms with Gasteiger partial charge in [0.1, 0.15) is 31.2 Å². The number of fused-ring (bicyclic) bond motifs is 2. The minimum Gasteiger partial charge on any atom is -0.481 e. The van der Waals surface area contributed by atoms with E-state index in [1.807, 2.05) is 30.3 Å². The molecule has 5 rings (SSSR count). The number of nitrogens with zero attached hydrogens (tertiary/aromatic N) is 6. The van der Waals surface area contributed by atoms with Crippen LogP contribution in [0.3, 0.4) is 0 Å². The summed E-state index contributed by atoms with van der Waals surface area (Å²) < 4.78 is 33.7. The number of methoxy groups -OCH3 is 1. The van der Waals surface area contributed by atoms with Crippen molar-refractivity contribution in [3.05, 3.63) is 76.8 Å². The first-order chi connectivity index (χ1) is 20.7. The SMILES string of the molecule is COc1nccc2c([C@H](Nc3cc(Cl)c4ncc(C#N)c(NCC(C)(C)C)c4c3)c3cn(C(CF)CF)nn3)cccc12. The molecule has 0 aliphatic rings. The van der Waals surface area contributed by atoms with E-state index in [0.29, 0.717) is 51.0 Å². The summed E-state index contributed by atoms with van der Waals surface area (Å²) in [5.74, 6) is 0.454. The normalized spacial score (nSPS) is 12.4. The molecule has 2 N–H and O–H groups in total. The largest absolute Gasteiger partial charge is 0.481 e. The molecule has 0 saturated carbocycles. The predicted octanol–water partition coefficient (Wildman–Crippen LogP) is 7.05. The lowest BCUT2D eigenvalue weighted by Gasteiger charge is -2.23. The third kappa shape index (κ3) is 6.15. The molecule has 222 valence electrons. The van der Waals surface area contributed by atoms with Crippen molar-refractivity contribution in [3.8, 4) is 11.9 Å². The van der Waals surface area contributed by atoms with E-state index in [2.05, 4.69) is 57.8 Å². The average molecular weight is 605 g/mol. The van der Waals surface area contributed by atoms with Gasteiger partial charge in [0.2, 0.25) is 5.88 Å². The Labute approximate surface area is 252 Å². The Bertz CT molecular complexity index is 1810. The Hall–Kier alpha value is -4.56. The maximum absolute atomic E-state index is 13.5. The highest BCUT2D eigenvalue weighted by Crippen LogP contribution is 2.38. The first kappa shape index (κ1) is 29.9. The van der Waals surface area contributed by atoms with Gasteiger partial charge in [-0.25, -0.2) is 18.4 Å². The molecule has 0 aliphatic heterocycles. The van der Waals surface area contributed by atoms with Gasteiger partial charge in [-0.05, 0) is 40.6 Å². The number of aromatic nitrogens is 5. The highest BCUT2D eigenvalue weighted by Gasteiger charge is 2.24. The van der Waals surface area contributed by atoms with Gasteiger partial charge in [-0.3, -0.25) is 4.98 Å². The summed E-state index contributed by atoms with van der Waals surface area (Å²) in [5, 5.41) is 27.8. The summed E-state index contributed by atoms with van der Waals surface area (Å²) in [4.78, 5) is 8.78. The molecule has 0 unspecified atom stereocenters. The third-order valence-corrected chi connectivity index (χ3v) is 7.30. The molecule has 0 spiro atoms. The van der Waals surface area contributed by atoms with Gasteiger partial charge in [0, 0.05) is 35.4 Å². The number of halogens is 3. The van der Waals surface area contributed by atoms with Crippen LogP contribution in [0.5, 0.6) is 5.88 Å². The number of hydrogen-bond acceptors (Lipinski definition) is 8. The zero-order valence-electron chi connectivity index (χ0n) is 24.2. The number of pyridine rings is 2. The zero-order chi connectivity index (χ0) is 30.7. The molecule has 0 amide bonds. The van der Waals surface area contributed by atoms with Crippen molar-refractivity contribution < 1.29 is 13.5 Å². The van der Waals surface area contributed by atoms with E-state index in [4.69, 9.17) is 16.3 Å². The van der Waals surface area contributed by atoms with Crippen molar-refractivity contribution in [2.45, 2.75) is 32.9 Å². The number of alkyl halides is 2. The molecular formula is C31H31ClF2N8O. The van der Waals surface area contributed by atoms with Crippen LogP contribution >= 0.6 is 11.6 Å². The van der Waals surface area contributed by atoms with Crippen LogP contribution in [0.15, 0.2) is 55.0 Å². The molecule has 0 radical (unpaired) electrons. The summed E-state index contributed by atoms with van der Waals surface area (Å²) in [7, 11) is 1.55. The molecule has 12 heteroatoms. The van der Waals surface area contributed by atoms with Crippen LogP contribution in [0.4, 0.5) is 20.2 Å². The number of anilines is 2. The molecule has 43 heavy (non-hydrogen) atoms. The summed E-state index contributed by atoms with van der Waals surface area (Å²) >= 11 is 6.76. The van der Waals surface area contributed by atoms with Gasteiger partial charge >= 0.3 is 0 Å². The van der Waals surface area contributed by atoms with Crippen LogP contribution in [0.2, 0.25) is 5.02 Å². The molecule has 3 aromatic heterocycles. The van der Waals surface area contributed by atoms with E-state index >= 15 is 0 Å². The highest BCUT2D eigenvalue weighted by molar-refractivity contribution is 6.35. The molecule has 3 heterocycles. The fraction of sp³-hybridized carbons (Fsp3) is 0.323. The van der Waals surface area contributed by atoms with Crippen LogP contribution in [-0.4, -0.2) is 52.0 Å². The number of hydrogen-bond donors (Lipinski definition) is 2. The predicted molar refractivity (Wildman–Crippen MR) is 164 cm³/mol. The third-order valence-electron chi connectivity index (χ3n) is 7.01. The lowest BCUT2D eigenvalue weighted by Crippen LogP contribution is -2.20. The molecule has 5 aromatic rings. The van der Waals surface area contributed by atoms with Crippen LogP contribution in [0.25, 0.3) is 21.7 Å². The van der Waals surface area contributed by atoms with Crippen LogP contribution < -0.4 is 15.4 Å². The van der Waals surface area contributed by atoms with Gasteiger partial charge in [0.05, 0.1) is 41.1 Å². The van der Waals surface area contributed by atoms with Gasteiger partial charge < -0.3 is 15.4 Å². The first-order valence-corrected chi connectivity index (χ1v) is 14.0. The fourth-order valence-electron chi connectivity index (χ4n) is 4.85. The second-order valence-electron chi connectivity index (χ2n) is 11.4. The minimum absolute atomic E-state index is 0.0553. The van der Waals surface area contributed by atoms with E-state index in [1.54, 1.807) is 19.4 Å². The quantitative estimate of drug-likeness (QED) is 0.174. The summed E-state index contributed by atoms with van der Waals surface area (Å²) in [6.07, 6.45) is 4.69. The topological polar surface area (TPSA) is 114 Å². The number of rotatable bonds is 10. The molecular weight excluding hydrogens is 574 g/mol. The van der Waals surface area contributed by atoms with E-state index in [9.17, 15) is 14.0 Å². The van der Waals surface area contributed by atoms with Gasteiger partial charge in [0.25, 0.3) is 0 Å². The maximum atomic E-state index is 13.5. The van der Waals surface area contributed by atoms with Crippen molar-refractivity contribution in [1.29, 1.82) is 5.26 Å². The Morgan fingerprint density at radius 1 is 1.09 bits per heavy atom. The van der Waals surface area contributed by atoms with Gasteiger partial charge in [-0.1, -0.05) is 49.7 Å². The van der Waals surface area contributed by atoms with Crippen molar-refractivity contribution >= 4 is 44.7 Å². The molecule has 1 atom stereocenters.